The number of hydrogen-bond donors (Lipinski definition) is 1. The van der Waals surface area contributed by atoms with E-state index in [-0.39, 0.29) is 0 Å². The number of nitrogens with one attached hydrogen (secondary N) is 1. The van der Waals surface area contributed by atoms with E-state index in [0.717, 1.165) is 18.4 Å². The molecule has 1 amide bonds. The van der Waals surface area contributed by atoms with Gasteiger partial charge in [-0.2, -0.15) is 0 Å². The maximum absolute atomic E-state index is 12.0. The molecule has 140 valence electrons. The summed E-state index contributed by atoms with van der Waals surface area (Å²) in [5.74, 6) is -0.446. The molecule has 2 rings (SSSR count). The molecule has 0 bridgehead atoms. The first-order chi connectivity index (χ1) is 11.8. The lowest BCUT2D eigenvalue weighted by atomic mass is 9.94. The average Bonchev–Trinajstić information content (AvgIpc) is 2.60. The van der Waals surface area contributed by atoms with Crippen molar-refractivity contribution in [3.8, 4) is 0 Å². The normalized spacial score (nSPS) is 17.4. The number of carbonyl (C=O) groups excluding carboxylic acids is 1. The number of amides is 1. The average molecular weight is 367 g/mol. The highest BCUT2D eigenvalue weighted by atomic mass is 32.2. The molecule has 1 aliphatic carbocycles. The van der Waals surface area contributed by atoms with Crippen molar-refractivity contribution in [2.24, 2.45) is 0 Å². The molecular weight excluding hydrogens is 336 g/mol. The number of sulfone groups is 1. The van der Waals surface area contributed by atoms with Gasteiger partial charge < -0.3 is 5.32 Å². The SMILES string of the molecule is C[C@@H](C(=O)NCc1ccccc1CN(C)C1CCCCC1)S(C)(=O)=O. The molecular formula is C19H30N2O3S. The Kier molecular flexibility index (Phi) is 7.02. The molecule has 1 atom stereocenters. The van der Waals surface area contributed by atoms with Gasteiger partial charge in [0.1, 0.15) is 5.25 Å². The molecule has 1 N–H and O–H groups in total. The zero-order chi connectivity index (χ0) is 18.4. The Balaban J connectivity index is 1.99. The summed E-state index contributed by atoms with van der Waals surface area (Å²) >= 11 is 0. The third-order valence-electron chi connectivity index (χ3n) is 5.20. The van der Waals surface area contributed by atoms with Gasteiger partial charge in [-0.15, -0.1) is 0 Å². The van der Waals surface area contributed by atoms with Crippen LogP contribution in [0.1, 0.15) is 50.2 Å². The Morgan fingerprint density at radius 2 is 1.80 bits per heavy atom. The van der Waals surface area contributed by atoms with Crippen LogP contribution in [0, 0.1) is 0 Å². The predicted octanol–water partition coefficient (Wildman–Crippen LogP) is 2.50. The van der Waals surface area contributed by atoms with Gasteiger partial charge in [-0.25, -0.2) is 8.42 Å². The molecule has 0 aromatic heterocycles. The van der Waals surface area contributed by atoms with E-state index in [4.69, 9.17) is 0 Å². The molecule has 1 aromatic carbocycles. The highest BCUT2D eigenvalue weighted by molar-refractivity contribution is 7.92. The number of rotatable bonds is 7. The first-order valence-electron chi connectivity index (χ1n) is 9.02. The van der Waals surface area contributed by atoms with E-state index < -0.39 is 21.0 Å². The maximum atomic E-state index is 12.0. The van der Waals surface area contributed by atoms with Crippen molar-refractivity contribution in [3.63, 3.8) is 0 Å². The predicted molar refractivity (Wildman–Crippen MR) is 101 cm³/mol. The monoisotopic (exact) mass is 366 g/mol. The van der Waals surface area contributed by atoms with E-state index in [0.29, 0.717) is 12.6 Å². The maximum Gasteiger partial charge on any atom is 0.238 e. The molecule has 25 heavy (non-hydrogen) atoms. The zero-order valence-electron chi connectivity index (χ0n) is 15.5. The molecule has 1 aliphatic rings. The van der Waals surface area contributed by atoms with E-state index in [2.05, 4.69) is 23.3 Å². The van der Waals surface area contributed by atoms with Crippen molar-refractivity contribution >= 4 is 15.7 Å². The van der Waals surface area contributed by atoms with E-state index in [9.17, 15) is 13.2 Å². The quantitative estimate of drug-likeness (QED) is 0.805. The molecule has 0 saturated heterocycles. The molecule has 1 fully saturated rings. The van der Waals surface area contributed by atoms with Crippen LogP contribution in [0.25, 0.3) is 0 Å². The fourth-order valence-electron chi connectivity index (χ4n) is 3.32. The van der Waals surface area contributed by atoms with Gasteiger partial charge in [0.05, 0.1) is 0 Å². The summed E-state index contributed by atoms with van der Waals surface area (Å²) < 4.78 is 23.0. The van der Waals surface area contributed by atoms with Gasteiger partial charge >= 0.3 is 0 Å². The molecule has 6 heteroatoms. The molecule has 5 nitrogen and oxygen atoms in total. The standard InChI is InChI=1S/C19H30N2O3S/c1-15(25(3,23)24)19(22)20-13-16-9-7-8-10-17(16)14-21(2)18-11-5-4-6-12-18/h7-10,15,18H,4-6,11-14H2,1-3H3,(H,20,22)/t15-/m0/s1. The lowest BCUT2D eigenvalue weighted by molar-refractivity contribution is -0.120. The highest BCUT2D eigenvalue weighted by Gasteiger charge is 2.23. The fourth-order valence-corrected chi connectivity index (χ4v) is 3.80. The van der Waals surface area contributed by atoms with Gasteiger partial charge in [-0.05, 0) is 37.9 Å². The van der Waals surface area contributed by atoms with E-state index in [1.54, 1.807) is 0 Å². The van der Waals surface area contributed by atoms with Crippen LogP contribution in [-0.2, 0) is 27.7 Å². The largest absolute Gasteiger partial charge is 0.351 e. The van der Waals surface area contributed by atoms with E-state index in [1.165, 1.54) is 44.6 Å². The molecule has 0 radical (unpaired) electrons. The van der Waals surface area contributed by atoms with Gasteiger partial charge in [0, 0.05) is 25.4 Å². The van der Waals surface area contributed by atoms with Crippen LogP contribution in [0.15, 0.2) is 24.3 Å². The van der Waals surface area contributed by atoms with Crippen molar-refractivity contribution in [3.05, 3.63) is 35.4 Å². The lowest BCUT2D eigenvalue weighted by Gasteiger charge is -2.31. The summed E-state index contributed by atoms with van der Waals surface area (Å²) in [5, 5.41) is 1.74. The molecule has 1 saturated carbocycles. The van der Waals surface area contributed by atoms with Crippen LogP contribution in [0.2, 0.25) is 0 Å². The fraction of sp³-hybridized carbons (Fsp3) is 0.632. The Labute approximate surface area is 151 Å². The van der Waals surface area contributed by atoms with Gasteiger partial charge in [0.15, 0.2) is 9.84 Å². The Morgan fingerprint density at radius 1 is 1.20 bits per heavy atom. The van der Waals surface area contributed by atoms with Crippen molar-refractivity contribution in [1.82, 2.24) is 10.2 Å². The smallest absolute Gasteiger partial charge is 0.238 e. The summed E-state index contributed by atoms with van der Waals surface area (Å²) in [5.41, 5.74) is 2.22. The number of hydrogen-bond acceptors (Lipinski definition) is 4. The molecule has 0 unspecified atom stereocenters. The van der Waals surface area contributed by atoms with E-state index in [1.807, 2.05) is 18.2 Å². The number of carbonyl (C=O) groups is 1. The molecule has 0 spiro atoms. The van der Waals surface area contributed by atoms with Gasteiger partial charge in [0.25, 0.3) is 0 Å². The van der Waals surface area contributed by atoms with Crippen LogP contribution >= 0.6 is 0 Å². The van der Waals surface area contributed by atoms with E-state index >= 15 is 0 Å². The zero-order valence-corrected chi connectivity index (χ0v) is 16.3. The van der Waals surface area contributed by atoms with Crippen LogP contribution in [0.5, 0.6) is 0 Å². The Hall–Kier alpha value is -1.40. The second-order valence-corrected chi connectivity index (χ2v) is 9.53. The van der Waals surface area contributed by atoms with Crippen molar-refractivity contribution in [2.45, 2.75) is 63.4 Å². The van der Waals surface area contributed by atoms with Crippen LogP contribution in [-0.4, -0.2) is 43.8 Å². The van der Waals surface area contributed by atoms with Crippen LogP contribution in [0.4, 0.5) is 0 Å². The highest BCUT2D eigenvalue weighted by Crippen LogP contribution is 2.23. The third-order valence-corrected chi connectivity index (χ3v) is 6.70. The molecule has 0 heterocycles. The minimum Gasteiger partial charge on any atom is -0.351 e. The molecule has 0 aliphatic heterocycles. The summed E-state index contributed by atoms with van der Waals surface area (Å²) in [6, 6.07) is 8.66. The first-order valence-corrected chi connectivity index (χ1v) is 11.0. The van der Waals surface area contributed by atoms with Crippen LogP contribution in [0.3, 0.4) is 0 Å². The van der Waals surface area contributed by atoms with Crippen molar-refractivity contribution in [2.75, 3.05) is 13.3 Å². The summed E-state index contributed by atoms with van der Waals surface area (Å²) in [6.07, 6.45) is 7.53. The first kappa shape index (κ1) is 19.9. The topological polar surface area (TPSA) is 66.5 Å². The Bertz CT molecular complexity index is 682. The summed E-state index contributed by atoms with van der Waals surface area (Å²) in [6.45, 7) is 2.62. The third kappa shape index (κ3) is 5.82. The van der Waals surface area contributed by atoms with Crippen molar-refractivity contribution in [1.29, 1.82) is 0 Å². The van der Waals surface area contributed by atoms with Crippen LogP contribution < -0.4 is 5.32 Å². The minimum atomic E-state index is -3.37. The second kappa shape index (κ2) is 8.81. The second-order valence-electron chi connectivity index (χ2n) is 7.17. The number of benzene rings is 1. The summed E-state index contributed by atoms with van der Waals surface area (Å²) in [7, 11) is -1.21. The van der Waals surface area contributed by atoms with Gasteiger partial charge in [-0.3, -0.25) is 9.69 Å². The lowest BCUT2D eigenvalue weighted by Crippen LogP contribution is -2.37. The Morgan fingerprint density at radius 3 is 2.40 bits per heavy atom. The van der Waals surface area contributed by atoms with Gasteiger partial charge in [0.2, 0.25) is 5.91 Å². The minimum absolute atomic E-state index is 0.355. The van der Waals surface area contributed by atoms with Crippen molar-refractivity contribution < 1.29 is 13.2 Å². The summed E-state index contributed by atoms with van der Waals surface area (Å²) in [4.78, 5) is 14.4. The van der Waals surface area contributed by atoms with Gasteiger partial charge in [-0.1, -0.05) is 43.5 Å². The number of nitrogens with zero attached hydrogens (tertiary/aromatic N) is 1. The molecule has 1 aromatic rings.